The molecule has 0 N–H and O–H groups in total. The van der Waals surface area contributed by atoms with Crippen molar-refractivity contribution >= 4 is 17.6 Å². The van der Waals surface area contributed by atoms with Crippen molar-refractivity contribution in [3.05, 3.63) is 101 Å². The molecular weight excluding hydrogens is 490 g/mol. The zero-order valence-electron chi connectivity index (χ0n) is 23.0. The van der Waals surface area contributed by atoms with Gasteiger partial charge in [0.15, 0.2) is 5.69 Å². The van der Waals surface area contributed by atoms with E-state index in [4.69, 9.17) is 14.6 Å². The number of methoxy groups -OCH3 is 2. The lowest BCUT2D eigenvalue weighted by atomic mass is 9.79. The molecule has 1 unspecified atom stereocenters. The highest BCUT2D eigenvalue weighted by atomic mass is 16.5. The van der Waals surface area contributed by atoms with E-state index in [1.807, 2.05) is 42.5 Å². The first-order valence-electron chi connectivity index (χ1n) is 13.1. The van der Waals surface area contributed by atoms with Crippen LogP contribution in [0.5, 0.6) is 0 Å². The summed E-state index contributed by atoms with van der Waals surface area (Å²) >= 11 is 0. The van der Waals surface area contributed by atoms with Gasteiger partial charge in [-0.2, -0.15) is 5.10 Å². The van der Waals surface area contributed by atoms with Gasteiger partial charge in [0.2, 0.25) is 0 Å². The van der Waals surface area contributed by atoms with Gasteiger partial charge in [-0.1, -0.05) is 61.5 Å². The number of anilines is 1. The summed E-state index contributed by atoms with van der Waals surface area (Å²) in [5, 5.41) is 4.78. The normalized spacial score (nSPS) is 15.9. The summed E-state index contributed by atoms with van der Waals surface area (Å²) in [5.74, 6) is -1.04. The van der Waals surface area contributed by atoms with Crippen LogP contribution in [0.3, 0.4) is 0 Å². The molecule has 1 aromatic heterocycles. The van der Waals surface area contributed by atoms with Crippen LogP contribution in [0.15, 0.2) is 78.9 Å². The summed E-state index contributed by atoms with van der Waals surface area (Å²) in [6.07, 6.45) is 0.964. The zero-order chi connectivity index (χ0) is 27.7. The average Bonchev–Trinajstić information content (AvgIpc) is 3.36. The Hall–Kier alpha value is -4.39. The van der Waals surface area contributed by atoms with E-state index in [1.54, 1.807) is 0 Å². The summed E-state index contributed by atoms with van der Waals surface area (Å²) in [4.78, 5) is 28.5. The van der Waals surface area contributed by atoms with E-state index >= 15 is 0 Å². The number of hydrogen-bond acceptors (Lipinski definition) is 6. The maximum Gasteiger partial charge on any atom is 0.357 e. The summed E-state index contributed by atoms with van der Waals surface area (Å²) in [6.45, 7) is 7.58. The molecule has 200 valence electrons. The fourth-order valence-corrected chi connectivity index (χ4v) is 5.66. The SMILES string of the molecule is COC(=O)c1c(-c2ccc3c(c2)C(C)CC(C)(C)N3Cc2ccccc2)nn(-c2ccccc2)c1C(=O)OC. The third-order valence-corrected chi connectivity index (χ3v) is 7.50. The highest BCUT2D eigenvalue weighted by molar-refractivity contribution is 6.07. The first kappa shape index (κ1) is 26.2. The van der Waals surface area contributed by atoms with Crippen LogP contribution in [0.2, 0.25) is 0 Å². The quantitative estimate of drug-likeness (QED) is 0.272. The molecule has 1 aliphatic heterocycles. The Morgan fingerprint density at radius 2 is 1.56 bits per heavy atom. The Bertz CT molecular complexity index is 1510. The number of aromatic nitrogens is 2. The Labute approximate surface area is 229 Å². The van der Waals surface area contributed by atoms with E-state index in [0.29, 0.717) is 11.4 Å². The van der Waals surface area contributed by atoms with Gasteiger partial charge < -0.3 is 14.4 Å². The van der Waals surface area contributed by atoms with E-state index in [9.17, 15) is 9.59 Å². The maximum absolute atomic E-state index is 13.1. The number of benzene rings is 3. The molecule has 0 spiro atoms. The number of esters is 2. The predicted octanol–water partition coefficient (Wildman–Crippen LogP) is 6.40. The molecule has 7 nitrogen and oxygen atoms in total. The fraction of sp³-hybridized carbons (Fsp3) is 0.281. The molecule has 0 bridgehead atoms. The van der Waals surface area contributed by atoms with Gasteiger partial charge in [-0.3, -0.25) is 0 Å². The number of carbonyl (C=O) groups excluding carboxylic acids is 2. The van der Waals surface area contributed by atoms with Gasteiger partial charge in [-0.15, -0.1) is 0 Å². The lowest BCUT2D eigenvalue weighted by molar-refractivity contribution is 0.0549. The maximum atomic E-state index is 13.1. The van der Waals surface area contributed by atoms with Crippen molar-refractivity contribution in [3.8, 4) is 16.9 Å². The molecule has 7 heteroatoms. The lowest BCUT2D eigenvalue weighted by Crippen LogP contribution is -2.47. The van der Waals surface area contributed by atoms with Gasteiger partial charge >= 0.3 is 11.9 Å². The molecule has 5 rings (SSSR count). The van der Waals surface area contributed by atoms with Crippen LogP contribution >= 0.6 is 0 Å². The predicted molar refractivity (Wildman–Crippen MR) is 151 cm³/mol. The number of rotatable bonds is 6. The number of ether oxygens (including phenoxy) is 2. The van der Waals surface area contributed by atoms with Crippen molar-refractivity contribution in [2.45, 2.75) is 45.2 Å². The molecule has 3 aromatic carbocycles. The molecule has 0 saturated carbocycles. The van der Waals surface area contributed by atoms with Crippen molar-refractivity contribution in [3.63, 3.8) is 0 Å². The summed E-state index contributed by atoms with van der Waals surface area (Å²) in [5.41, 5.74) is 5.38. The van der Waals surface area contributed by atoms with Crippen molar-refractivity contribution in [1.82, 2.24) is 9.78 Å². The largest absolute Gasteiger partial charge is 0.465 e. The second-order valence-corrected chi connectivity index (χ2v) is 10.6. The van der Waals surface area contributed by atoms with Crippen LogP contribution in [-0.2, 0) is 16.0 Å². The molecule has 39 heavy (non-hydrogen) atoms. The summed E-state index contributed by atoms with van der Waals surface area (Å²) in [7, 11) is 2.58. The Balaban J connectivity index is 1.68. The van der Waals surface area contributed by atoms with E-state index in [1.165, 1.54) is 30.0 Å². The van der Waals surface area contributed by atoms with Crippen molar-refractivity contribution in [2.75, 3.05) is 19.1 Å². The van der Waals surface area contributed by atoms with Gasteiger partial charge in [0.1, 0.15) is 11.3 Å². The molecule has 0 saturated heterocycles. The smallest absolute Gasteiger partial charge is 0.357 e. The first-order chi connectivity index (χ1) is 18.7. The van der Waals surface area contributed by atoms with Crippen LogP contribution in [0.25, 0.3) is 16.9 Å². The van der Waals surface area contributed by atoms with E-state index in [2.05, 4.69) is 62.1 Å². The van der Waals surface area contributed by atoms with Gasteiger partial charge in [0.05, 0.1) is 19.9 Å². The van der Waals surface area contributed by atoms with Crippen LogP contribution in [0.1, 0.15) is 65.1 Å². The molecule has 0 amide bonds. The zero-order valence-corrected chi connectivity index (χ0v) is 23.0. The van der Waals surface area contributed by atoms with Gasteiger partial charge in [0.25, 0.3) is 0 Å². The summed E-state index contributed by atoms with van der Waals surface area (Å²) in [6, 6.07) is 25.8. The molecule has 4 aromatic rings. The average molecular weight is 524 g/mol. The van der Waals surface area contributed by atoms with E-state index < -0.39 is 11.9 Å². The monoisotopic (exact) mass is 523 g/mol. The molecule has 0 fully saturated rings. The van der Waals surface area contributed by atoms with Crippen LogP contribution in [0, 0.1) is 0 Å². The Morgan fingerprint density at radius 1 is 0.923 bits per heavy atom. The van der Waals surface area contributed by atoms with Crippen LogP contribution in [-0.4, -0.2) is 41.5 Å². The molecule has 1 aliphatic rings. The highest BCUT2D eigenvalue weighted by Crippen LogP contribution is 2.45. The molecule has 0 aliphatic carbocycles. The third-order valence-electron chi connectivity index (χ3n) is 7.50. The first-order valence-corrected chi connectivity index (χ1v) is 13.1. The van der Waals surface area contributed by atoms with E-state index in [-0.39, 0.29) is 22.7 Å². The highest BCUT2D eigenvalue weighted by Gasteiger charge is 2.37. The van der Waals surface area contributed by atoms with Crippen LogP contribution < -0.4 is 4.90 Å². The van der Waals surface area contributed by atoms with Gasteiger partial charge in [0, 0.05) is 23.3 Å². The standard InChI is InChI=1S/C32H33N3O4/c1-21-19-32(2,3)34(20-22-12-8-6-9-13-22)26-17-16-23(18-25(21)26)28-27(30(36)38-4)29(31(37)39-5)35(33-28)24-14-10-7-11-15-24/h6-18,21H,19-20H2,1-5H3. The van der Waals surface area contributed by atoms with Crippen molar-refractivity contribution in [2.24, 2.45) is 0 Å². The molecular formula is C32H33N3O4. The minimum absolute atomic E-state index is 0.0307. The van der Waals surface area contributed by atoms with Crippen LogP contribution in [0.4, 0.5) is 5.69 Å². The lowest BCUT2D eigenvalue weighted by Gasteiger charge is -2.47. The molecule has 0 radical (unpaired) electrons. The molecule has 1 atom stereocenters. The minimum atomic E-state index is -0.667. The Morgan fingerprint density at radius 3 is 2.21 bits per heavy atom. The van der Waals surface area contributed by atoms with Crippen molar-refractivity contribution < 1.29 is 19.1 Å². The third kappa shape index (κ3) is 4.80. The Kier molecular flexibility index (Phi) is 7.00. The van der Waals surface area contributed by atoms with Gasteiger partial charge in [-0.25, -0.2) is 14.3 Å². The summed E-state index contributed by atoms with van der Waals surface area (Å²) < 4.78 is 11.6. The number of carbonyl (C=O) groups is 2. The molecule has 2 heterocycles. The topological polar surface area (TPSA) is 73.7 Å². The van der Waals surface area contributed by atoms with Crippen molar-refractivity contribution in [1.29, 1.82) is 0 Å². The second-order valence-electron chi connectivity index (χ2n) is 10.6. The number of nitrogens with zero attached hydrogens (tertiary/aromatic N) is 3. The van der Waals surface area contributed by atoms with Gasteiger partial charge in [-0.05, 0) is 61.6 Å². The minimum Gasteiger partial charge on any atom is -0.465 e. The number of fused-ring (bicyclic) bond motifs is 1. The number of para-hydroxylation sites is 1. The fourth-order valence-electron chi connectivity index (χ4n) is 5.66. The second kappa shape index (κ2) is 10.4. The number of hydrogen-bond donors (Lipinski definition) is 0. The van der Waals surface area contributed by atoms with E-state index in [0.717, 1.165) is 24.2 Å².